The van der Waals surface area contributed by atoms with E-state index < -0.39 is 29.7 Å². The number of likely N-dealkylation sites (N-methyl/N-ethyl adjacent to an activating group) is 1. The fraction of sp³-hybridized carbons (Fsp3) is 0.531. The average molecular weight is 636 g/mol. The maximum Gasteiger partial charge on any atom is 0.410 e. The molecule has 2 N–H and O–H groups in total. The lowest BCUT2D eigenvalue weighted by atomic mass is 9.93. The van der Waals surface area contributed by atoms with Crippen LogP contribution < -0.4 is 10.6 Å². The number of carbonyl (C=O) groups excluding carboxylic acids is 3. The Labute approximate surface area is 263 Å². The van der Waals surface area contributed by atoms with Gasteiger partial charge in [-0.1, -0.05) is 23.7 Å². The van der Waals surface area contributed by atoms with Gasteiger partial charge in [-0.3, -0.25) is 4.79 Å². The average Bonchev–Trinajstić information content (AvgIpc) is 2.97. The van der Waals surface area contributed by atoms with Crippen LogP contribution in [0.15, 0.2) is 42.5 Å². The van der Waals surface area contributed by atoms with E-state index in [2.05, 4.69) is 15.4 Å². The van der Waals surface area contributed by atoms with E-state index in [1.807, 2.05) is 20.8 Å². The molecule has 1 aliphatic rings. The fourth-order valence-electron chi connectivity index (χ4n) is 4.91. The lowest BCUT2D eigenvalue weighted by molar-refractivity contribution is 0.0112. The summed E-state index contributed by atoms with van der Waals surface area (Å²) < 4.78 is 36.1. The molecule has 44 heavy (non-hydrogen) atoms. The standard InChI is InChI=1S/C32H43ClFN3O7/c1-32(2,3)44-31(40)37(4)27(14-21-8-7-12-42-20-21)19-36-29(38)23-10-6-9-22(15-23)28(43-13-11-35-30(39)41-5)24-16-25(33)18-26(34)17-24/h6,9-10,15-18,21,27-28H,7-8,11-14,19-20H2,1-5H3,(H,35,39)(H,36,38). The Balaban J connectivity index is 1.77. The molecule has 0 spiro atoms. The highest BCUT2D eigenvalue weighted by atomic mass is 35.5. The predicted molar refractivity (Wildman–Crippen MR) is 164 cm³/mol. The number of hydrogen-bond donors (Lipinski definition) is 2. The molecule has 10 nitrogen and oxygen atoms in total. The van der Waals surface area contributed by atoms with Crippen LogP contribution in [0.3, 0.4) is 0 Å². The smallest absolute Gasteiger partial charge is 0.410 e. The Morgan fingerprint density at radius 2 is 1.91 bits per heavy atom. The summed E-state index contributed by atoms with van der Waals surface area (Å²) in [7, 11) is 2.93. The minimum absolute atomic E-state index is 0.0773. The summed E-state index contributed by atoms with van der Waals surface area (Å²) in [5.74, 6) is -0.632. The van der Waals surface area contributed by atoms with E-state index in [1.165, 1.54) is 24.1 Å². The van der Waals surface area contributed by atoms with Gasteiger partial charge in [0, 0.05) is 43.9 Å². The van der Waals surface area contributed by atoms with Crippen LogP contribution in [-0.2, 0) is 18.9 Å². The Kier molecular flexibility index (Phi) is 13.2. The van der Waals surface area contributed by atoms with Crippen molar-refractivity contribution in [3.05, 3.63) is 70.0 Å². The summed E-state index contributed by atoms with van der Waals surface area (Å²) in [6.07, 6.45) is 0.717. The second-order valence-corrected chi connectivity index (χ2v) is 12.2. The molecule has 0 saturated carbocycles. The molecule has 0 radical (unpaired) electrons. The zero-order valence-corrected chi connectivity index (χ0v) is 26.7. The van der Waals surface area contributed by atoms with E-state index in [0.29, 0.717) is 29.7 Å². The minimum atomic E-state index is -0.784. The molecule has 3 unspecified atom stereocenters. The maximum absolute atomic E-state index is 14.3. The van der Waals surface area contributed by atoms with Crippen LogP contribution in [0.1, 0.15) is 67.6 Å². The lowest BCUT2D eigenvalue weighted by Crippen LogP contribution is -2.48. The van der Waals surface area contributed by atoms with Gasteiger partial charge < -0.3 is 34.5 Å². The number of amides is 3. The number of nitrogens with one attached hydrogen (secondary N) is 2. The molecule has 1 fully saturated rings. The number of rotatable bonds is 12. The van der Waals surface area contributed by atoms with Crippen LogP contribution in [0.2, 0.25) is 5.02 Å². The molecule has 1 aliphatic heterocycles. The van der Waals surface area contributed by atoms with Crippen molar-refractivity contribution in [2.75, 3.05) is 47.1 Å². The van der Waals surface area contributed by atoms with Crippen molar-refractivity contribution in [1.29, 1.82) is 0 Å². The van der Waals surface area contributed by atoms with Crippen LogP contribution in [0.25, 0.3) is 0 Å². The first-order valence-electron chi connectivity index (χ1n) is 14.7. The SMILES string of the molecule is COC(=O)NCCOC(c1cc(F)cc(Cl)c1)c1cccc(C(=O)NCC(CC2CCCOC2)N(C)C(=O)OC(C)(C)C)c1. The predicted octanol–water partition coefficient (Wildman–Crippen LogP) is 5.72. The van der Waals surface area contributed by atoms with Crippen LogP contribution in [0.4, 0.5) is 14.0 Å². The van der Waals surface area contributed by atoms with Crippen LogP contribution in [-0.4, -0.2) is 81.7 Å². The fourth-order valence-corrected chi connectivity index (χ4v) is 5.14. The number of benzene rings is 2. The van der Waals surface area contributed by atoms with Gasteiger partial charge in [-0.2, -0.15) is 0 Å². The van der Waals surface area contributed by atoms with Crippen molar-refractivity contribution in [3.63, 3.8) is 0 Å². The molecule has 3 amide bonds. The van der Waals surface area contributed by atoms with Crippen LogP contribution >= 0.6 is 11.6 Å². The van der Waals surface area contributed by atoms with Crippen molar-refractivity contribution in [1.82, 2.24) is 15.5 Å². The molecular formula is C32H43ClFN3O7. The monoisotopic (exact) mass is 635 g/mol. The molecule has 1 saturated heterocycles. The Hall–Kier alpha value is -3.41. The third-order valence-corrected chi connectivity index (χ3v) is 7.29. The van der Waals surface area contributed by atoms with Crippen LogP contribution in [0, 0.1) is 11.7 Å². The quantitative estimate of drug-likeness (QED) is 0.287. The first-order chi connectivity index (χ1) is 20.9. The zero-order valence-electron chi connectivity index (χ0n) is 26.0. The highest BCUT2D eigenvalue weighted by Crippen LogP contribution is 2.30. The molecule has 1 heterocycles. The van der Waals surface area contributed by atoms with E-state index in [-0.39, 0.29) is 42.6 Å². The van der Waals surface area contributed by atoms with Gasteiger partial charge >= 0.3 is 12.2 Å². The van der Waals surface area contributed by atoms with Gasteiger partial charge in [0.15, 0.2) is 0 Å². The van der Waals surface area contributed by atoms with Gasteiger partial charge in [0.2, 0.25) is 0 Å². The molecule has 0 aliphatic carbocycles. The van der Waals surface area contributed by atoms with E-state index in [4.69, 9.17) is 25.8 Å². The molecule has 3 atom stereocenters. The highest BCUT2D eigenvalue weighted by molar-refractivity contribution is 6.30. The Bertz CT molecular complexity index is 1250. The van der Waals surface area contributed by atoms with Gasteiger partial charge in [-0.25, -0.2) is 14.0 Å². The number of methoxy groups -OCH3 is 1. The topological polar surface area (TPSA) is 115 Å². The molecule has 2 aromatic carbocycles. The number of alkyl carbamates (subject to hydrolysis) is 1. The summed E-state index contributed by atoms with van der Waals surface area (Å²) in [6, 6.07) is 10.5. The second-order valence-electron chi connectivity index (χ2n) is 11.8. The van der Waals surface area contributed by atoms with Crippen molar-refractivity contribution >= 4 is 29.7 Å². The van der Waals surface area contributed by atoms with E-state index >= 15 is 0 Å². The maximum atomic E-state index is 14.3. The molecule has 0 aromatic heterocycles. The van der Waals surface area contributed by atoms with Gasteiger partial charge in [0.1, 0.15) is 17.5 Å². The summed E-state index contributed by atoms with van der Waals surface area (Å²) in [4.78, 5) is 39.3. The normalized spacial score (nSPS) is 16.4. The second kappa shape index (κ2) is 16.6. The molecule has 242 valence electrons. The summed E-state index contributed by atoms with van der Waals surface area (Å²) in [5.41, 5.74) is 0.720. The van der Waals surface area contributed by atoms with E-state index in [0.717, 1.165) is 19.4 Å². The molecular weight excluding hydrogens is 593 g/mol. The first kappa shape index (κ1) is 35.1. The Morgan fingerprint density at radius 3 is 2.57 bits per heavy atom. The van der Waals surface area contributed by atoms with Gasteiger partial charge in [-0.05, 0) is 87.4 Å². The van der Waals surface area contributed by atoms with Crippen molar-refractivity contribution < 1.29 is 37.7 Å². The van der Waals surface area contributed by atoms with E-state index in [1.54, 1.807) is 37.4 Å². The largest absolute Gasteiger partial charge is 0.453 e. The number of nitrogens with zero attached hydrogens (tertiary/aromatic N) is 1. The number of hydrogen-bond acceptors (Lipinski definition) is 7. The van der Waals surface area contributed by atoms with Gasteiger partial charge in [-0.15, -0.1) is 0 Å². The number of ether oxygens (including phenoxy) is 4. The summed E-state index contributed by atoms with van der Waals surface area (Å²) in [6.45, 7) is 7.18. The molecule has 12 heteroatoms. The number of carbonyl (C=O) groups is 3. The third-order valence-electron chi connectivity index (χ3n) is 7.07. The first-order valence-corrected chi connectivity index (χ1v) is 15.0. The lowest BCUT2D eigenvalue weighted by Gasteiger charge is -2.34. The van der Waals surface area contributed by atoms with Crippen molar-refractivity contribution in [2.24, 2.45) is 5.92 Å². The van der Waals surface area contributed by atoms with E-state index in [9.17, 15) is 18.8 Å². The van der Waals surface area contributed by atoms with Crippen molar-refractivity contribution in [2.45, 2.75) is 57.8 Å². The van der Waals surface area contributed by atoms with Crippen molar-refractivity contribution in [3.8, 4) is 0 Å². The molecule has 2 aromatic rings. The van der Waals surface area contributed by atoms with Gasteiger partial charge in [0.25, 0.3) is 5.91 Å². The highest BCUT2D eigenvalue weighted by Gasteiger charge is 2.29. The number of halogens is 2. The Morgan fingerprint density at radius 1 is 1.14 bits per heavy atom. The zero-order chi connectivity index (χ0) is 32.3. The summed E-state index contributed by atoms with van der Waals surface area (Å²) in [5, 5.41) is 5.70. The van der Waals surface area contributed by atoms with Crippen LogP contribution in [0.5, 0.6) is 0 Å². The third kappa shape index (κ3) is 11.3. The minimum Gasteiger partial charge on any atom is -0.453 e. The van der Waals surface area contributed by atoms with Gasteiger partial charge in [0.05, 0.1) is 19.8 Å². The molecule has 0 bridgehead atoms. The summed E-state index contributed by atoms with van der Waals surface area (Å²) >= 11 is 6.13. The molecule has 3 rings (SSSR count).